The third-order valence-electron chi connectivity index (χ3n) is 5.25. The largest absolute Gasteiger partial charge is 0.361 e. The van der Waals surface area contributed by atoms with Gasteiger partial charge < -0.3 is 15.0 Å². The Hall–Kier alpha value is -2.99. The topological polar surface area (TPSA) is 71.5 Å². The Morgan fingerprint density at radius 3 is 2.67 bits per heavy atom. The Bertz CT molecular complexity index is 880. The molecule has 30 heavy (non-hydrogen) atoms. The van der Waals surface area contributed by atoms with Crippen LogP contribution in [0.25, 0.3) is 11.1 Å². The zero-order valence-corrected chi connectivity index (χ0v) is 17.6. The predicted octanol–water partition coefficient (Wildman–Crippen LogP) is 2.85. The highest BCUT2D eigenvalue weighted by atomic mass is 16.5. The fourth-order valence-electron chi connectivity index (χ4n) is 3.67. The van der Waals surface area contributed by atoms with Crippen LogP contribution in [0.3, 0.4) is 0 Å². The molecule has 0 spiro atoms. The van der Waals surface area contributed by atoms with E-state index in [0.29, 0.717) is 26.1 Å². The average molecular weight is 408 g/mol. The van der Waals surface area contributed by atoms with E-state index in [9.17, 15) is 9.59 Å². The van der Waals surface area contributed by atoms with Crippen molar-refractivity contribution in [1.29, 1.82) is 0 Å². The summed E-state index contributed by atoms with van der Waals surface area (Å²) in [7, 11) is 0. The van der Waals surface area contributed by atoms with Crippen LogP contribution in [-0.4, -0.2) is 53.5 Å². The number of pyridine rings is 1. The van der Waals surface area contributed by atoms with Crippen molar-refractivity contribution in [1.82, 2.24) is 15.2 Å². The van der Waals surface area contributed by atoms with Crippen molar-refractivity contribution >= 4 is 11.8 Å². The van der Waals surface area contributed by atoms with E-state index in [1.54, 1.807) is 17.2 Å². The summed E-state index contributed by atoms with van der Waals surface area (Å²) in [4.78, 5) is 31.6. The van der Waals surface area contributed by atoms with E-state index in [0.717, 1.165) is 16.7 Å². The van der Waals surface area contributed by atoms with Crippen molar-refractivity contribution < 1.29 is 14.3 Å². The van der Waals surface area contributed by atoms with E-state index in [2.05, 4.69) is 16.9 Å². The van der Waals surface area contributed by atoms with Gasteiger partial charge in [-0.3, -0.25) is 14.6 Å². The lowest BCUT2D eigenvalue weighted by Crippen LogP contribution is -2.62. The molecule has 1 aliphatic heterocycles. The van der Waals surface area contributed by atoms with Crippen LogP contribution in [0.2, 0.25) is 0 Å². The minimum Gasteiger partial charge on any atom is -0.361 e. The molecule has 1 aromatic carbocycles. The molecule has 6 nitrogen and oxygen atoms in total. The Morgan fingerprint density at radius 1 is 1.27 bits per heavy atom. The van der Waals surface area contributed by atoms with E-state index in [1.165, 1.54) is 0 Å². The van der Waals surface area contributed by atoms with E-state index in [-0.39, 0.29) is 24.3 Å². The van der Waals surface area contributed by atoms with Crippen molar-refractivity contribution in [2.75, 3.05) is 26.2 Å². The number of ether oxygens (including phenoxy) is 1. The summed E-state index contributed by atoms with van der Waals surface area (Å²) in [5.41, 5.74) is 1.93. The normalized spacial score (nSPS) is 18.8. The maximum Gasteiger partial charge on any atom is 0.254 e. The Morgan fingerprint density at radius 2 is 2.03 bits per heavy atom. The molecule has 1 aliphatic rings. The highest BCUT2D eigenvalue weighted by Crippen LogP contribution is 2.27. The zero-order valence-electron chi connectivity index (χ0n) is 17.6. The van der Waals surface area contributed by atoms with Gasteiger partial charge in [-0.1, -0.05) is 50.3 Å². The lowest BCUT2D eigenvalue weighted by molar-refractivity contribution is -0.167. The van der Waals surface area contributed by atoms with Gasteiger partial charge >= 0.3 is 0 Å². The van der Waals surface area contributed by atoms with Crippen molar-refractivity contribution in [2.45, 2.75) is 25.9 Å². The van der Waals surface area contributed by atoms with Crippen LogP contribution >= 0.6 is 0 Å². The maximum absolute atomic E-state index is 13.1. The van der Waals surface area contributed by atoms with Crippen LogP contribution in [0, 0.1) is 5.92 Å². The second-order valence-electron chi connectivity index (χ2n) is 7.87. The van der Waals surface area contributed by atoms with Crippen molar-refractivity contribution in [3.63, 3.8) is 0 Å². The number of nitrogens with one attached hydrogen (secondary N) is 1. The summed E-state index contributed by atoms with van der Waals surface area (Å²) in [5, 5.41) is 2.86. The number of benzene rings is 1. The molecule has 1 fully saturated rings. The van der Waals surface area contributed by atoms with Crippen molar-refractivity contribution in [3.8, 4) is 11.1 Å². The number of nitrogens with zero attached hydrogens (tertiary/aromatic N) is 2. The minimum atomic E-state index is -1.12. The van der Waals surface area contributed by atoms with E-state index >= 15 is 0 Å². The number of rotatable bonds is 7. The molecule has 1 atom stereocenters. The van der Waals surface area contributed by atoms with Crippen molar-refractivity contribution in [2.24, 2.45) is 5.92 Å². The molecule has 2 amide bonds. The van der Waals surface area contributed by atoms with Crippen LogP contribution < -0.4 is 5.32 Å². The van der Waals surface area contributed by atoms with Gasteiger partial charge in [0.05, 0.1) is 13.2 Å². The standard InChI is InChI=1S/C24H29N3O3/c1-4-11-26-23(29)24(17-27(13-14-30-24)22(28)18(2)3)15-19-7-9-20(10-8-19)21-6-5-12-25-16-21/h4-10,12,16,18H,1,11,13-15,17H2,2-3H3,(H,26,29)/t24-/m0/s1. The fourth-order valence-corrected chi connectivity index (χ4v) is 3.67. The Labute approximate surface area is 178 Å². The van der Waals surface area contributed by atoms with Gasteiger partial charge in [0.1, 0.15) is 0 Å². The van der Waals surface area contributed by atoms with Gasteiger partial charge in [0.2, 0.25) is 5.91 Å². The third-order valence-corrected chi connectivity index (χ3v) is 5.25. The number of carbonyl (C=O) groups excluding carboxylic acids is 2. The molecule has 0 unspecified atom stereocenters. The first-order valence-electron chi connectivity index (χ1n) is 10.3. The monoisotopic (exact) mass is 407 g/mol. The number of hydrogen-bond acceptors (Lipinski definition) is 4. The van der Waals surface area contributed by atoms with Crippen LogP contribution in [0.15, 0.2) is 61.4 Å². The summed E-state index contributed by atoms with van der Waals surface area (Å²) in [6.07, 6.45) is 5.58. The van der Waals surface area contributed by atoms with E-state index in [4.69, 9.17) is 4.74 Å². The van der Waals surface area contributed by atoms with E-state index in [1.807, 2.05) is 56.4 Å². The average Bonchev–Trinajstić information content (AvgIpc) is 2.78. The van der Waals surface area contributed by atoms with E-state index < -0.39 is 5.60 Å². The van der Waals surface area contributed by atoms with Crippen LogP contribution in [0.5, 0.6) is 0 Å². The van der Waals surface area contributed by atoms with Gasteiger partial charge in [-0.25, -0.2) is 0 Å². The van der Waals surface area contributed by atoms with Gasteiger partial charge in [-0.2, -0.15) is 0 Å². The lowest BCUT2D eigenvalue weighted by Gasteiger charge is -2.42. The Balaban J connectivity index is 1.84. The summed E-state index contributed by atoms with van der Waals surface area (Å²) >= 11 is 0. The number of aromatic nitrogens is 1. The molecule has 6 heteroatoms. The molecule has 1 aromatic heterocycles. The third kappa shape index (κ3) is 4.94. The molecule has 2 heterocycles. The second kappa shape index (κ2) is 9.67. The minimum absolute atomic E-state index is 0.0334. The molecule has 1 N–H and O–H groups in total. The summed E-state index contributed by atoms with van der Waals surface area (Å²) in [6.45, 7) is 8.81. The van der Waals surface area contributed by atoms with Crippen LogP contribution in [-0.2, 0) is 20.7 Å². The molecule has 0 bridgehead atoms. The Kier molecular flexibility index (Phi) is 7.00. The van der Waals surface area contributed by atoms with Gasteiger partial charge in [-0.05, 0) is 22.8 Å². The highest BCUT2D eigenvalue weighted by Gasteiger charge is 2.45. The van der Waals surface area contributed by atoms with Gasteiger partial charge in [0.15, 0.2) is 5.60 Å². The smallest absolute Gasteiger partial charge is 0.254 e. The first-order chi connectivity index (χ1) is 14.4. The molecule has 0 aliphatic carbocycles. The number of amides is 2. The van der Waals surface area contributed by atoms with Gasteiger partial charge in [0, 0.05) is 37.8 Å². The predicted molar refractivity (Wildman–Crippen MR) is 117 cm³/mol. The molecular formula is C24H29N3O3. The molecule has 0 radical (unpaired) electrons. The lowest BCUT2D eigenvalue weighted by atomic mass is 9.90. The van der Waals surface area contributed by atoms with Crippen LogP contribution in [0.1, 0.15) is 19.4 Å². The van der Waals surface area contributed by atoms with Crippen LogP contribution in [0.4, 0.5) is 0 Å². The SMILES string of the molecule is C=CCNC(=O)[C@]1(Cc2ccc(-c3cccnc3)cc2)CN(C(=O)C(C)C)CCO1. The molecular weight excluding hydrogens is 378 g/mol. The summed E-state index contributed by atoms with van der Waals surface area (Å²) < 4.78 is 6.05. The molecule has 158 valence electrons. The van der Waals surface area contributed by atoms with Crippen molar-refractivity contribution in [3.05, 3.63) is 67.0 Å². The maximum atomic E-state index is 13.1. The second-order valence-corrected chi connectivity index (χ2v) is 7.87. The summed E-state index contributed by atoms with van der Waals surface area (Å²) in [6, 6.07) is 11.9. The molecule has 2 aromatic rings. The number of hydrogen-bond donors (Lipinski definition) is 1. The first-order valence-corrected chi connectivity index (χ1v) is 10.3. The number of morpholine rings is 1. The molecule has 1 saturated heterocycles. The van der Waals surface area contributed by atoms with Gasteiger partial charge in [-0.15, -0.1) is 6.58 Å². The fraction of sp³-hybridized carbons (Fsp3) is 0.375. The first kappa shape index (κ1) is 21.7. The van der Waals surface area contributed by atoms with Gasteiger partial charge in [0.25, 0.3) is 5.91 Å². The summed E-state index contributed by atoms with van der Waals surface area (Å²) in [5.74, 6) is -0.318. The molecule has 0 saturated carbocycles. The molecule has 3 rings (SSSR count). The number of carbonyl (C=O) groups is 2. The highest BCUT2D eigenvalue weighted by molar-refractivity contribution is 5.87. The zero-order chi connectivity index (χ0) is 21.6. The quantitative estimate of drug-likeness (QED) is 0.717.